The maximum absolute atomic E-state index is 13.1. The Hall–Kier alpha value is -0.990. The van der Waals surface area contributed by atoms with Crippen molar-refractivity contribution in [2.45, 2.75) is 19.5 Å². The molecule has 0 saturated heterocycles. The second kappa shape index (κ2) is 2.57. The van der Waals surface area contributed by atoms with Gasteiger partial charge in [-0.25, -0.2) is 9.37 Å². The molecule has 0 saturated carbocycles. The van der Waals surface area contributed by atoms with E-state index in [4.69, 9.17) is 0 Å². The molecule has 0 N–H and O–H groups in total. The Bertz CT molecular complexity index is 235. The van der Waals surface area contributed by atoms with Gasteiger partial charge < -0.3 is 0 Å². The second-order valence-corrected chi connectivity index (χ2v) is 2.84. The van der Waals surface area contributed by atoms with Gasteiger partial charge >= 0.3 is 0 Å². The highest BCUT2D eigenvalue weighted by molar-refractivity contribution is 5.16. The van der Waals surface area contributed by atoms with E-state index < -0.39 is 11.6 Å². The molecule has 1 aromatic rings. The first-order valence-electron chi connectivity index (χ1n) is 3.31. The van der Waals surface area contributed by atoms with E-state index in [1.807, 2.05) is 0 Å². The van der Waals surface area contributed by atoms with Gasteiger partial charge in [-0.3, -0.25) is 0 Å². The van der Waals surface area contributed by atoms with Gasteiger partial charge in [-0.05, 0) is 26.0 Å². The molecular weight excluding hydrogens is 148 g/mol. The standard InChI is InChI=1S/C8H9F2N/c1-8(2,10)6-3-4-7(9)11-5-6/h3-5H,1-2H3. The average molecular weight is 157 g/mol. The maximum Gasteiger partial charge on any atom is 0.212 e. The van der Waals surface area contributed by atoms with E-state index in [0.29, 0.717) is 5.56 Å². The molecule has 60 valence electrons. The van der Waals surface area contributed by atoms with Crippen molar-refractivity contribution >= 4 is 0 Å². The minimum absolute atomic E-state index is 0.388. The van der Waals surface area contributed by atoms with Gasteiger partial charge in [-0.2, -0.15) is 4.39 Å². The fraction of sp³-hybridized carbons (Fsp3) is 0.375. The zero-order chi connectivity index (χ0) is 8.48. The van der Waals surface area contributed by atoms with Crippen molar-refractivity contribution in [1.29, 1.82) is 0 Å². The van der Waals surface area contributed by atoms with Crippen molar-refractivity contribution in [2.75, 3.05) is 0 Å². The molecule has 0 spiro atoms. The Morgan fingerprint density at radius 2 is 2.00 bits per heavy atom. The molecule has 0 aliphatic carbocycles. The van der Waals surface area contributed by atoms with Crippen LogP contribution in [0.25, 0.3) is 0 Å². The van der Waals surface area contributed by atoms with Crippen molar-refractivity contribution < 1.29 is 8.78 Å². The lowest BCUT2D eigenvalue weighted by Gasteiger charge is -2.12. The Balaban J connectivity index is 2.99. The lowest BCUT2D eigenvalue weighted by atomic mass is 10.0. The van der Waals surface area contributed by atoms with Crippen LogP contribution in [-0.4, -0.2) is 4.98 Å². The van der Waals surface area contributed by atoms with E-state index >= 15 is 0 Å². The third-order valence-corrected chi connectivity index (χ3v) is 1.41. The molecule has 0 aliphatic heterocycles. The lowest BCUT2D eigenvalue weighted by molar-refractivity contribution is 0.220. The predicted octanol–water partition coefficient (Wildman–Crippen LogP) is 2.43. The molecule has 1 rings (SSSR count). The van der Waals surface area contributed by atoms with Gasteiger partial charge in [-0.1, -0.05) is 0 Å². The first kappa shape index (κ1) is 8.11. The summed E-state index contributed by atoms with van der Waals surface area (Å²) < 4.78 is 25.3. The van der Waals surface area contributed by atoms with E-state index in [2.05, 4.69) is 4.98 Å². The van der Waals surface area contributed by atoms with Crippen LogP contribution in [0.1, 0.15) is 19.4 Å². The highest BCUT2D eigenvalue weighted by Crippen LogP contribution is 2.22. The Kier molecular flexibility index (Phi) is 1.89. The van der Waals surface area contributed by atoms with Crippen molar-refractivity contribution in [3.05, 3.63) is 29.8 Å². The largest absolute Gasteiger partial charge is 0.239 e. The van der Waals surface area contributed by atoms with Gasteiger partial charge in [0.05, 0.1) is 0 Å². The minimum atomic E-state index is -1.44. The lowest BCUT2D eigenvalue weighted by Crippen LogP contribution is -2.09. The van der Waals surface area contributed by atoms with Gasteiger partial charge in [0.1, 0.15) is 5.67 Å². The third-order valence-electron chi connectivity index (χ3n) is 1.41. The number of hydrogen-bond acceptors (Lipinski definition) is 1. The number of rotatable bonds is 1. The highest BCUT2D eigenvalue weighted by Gasteiger charge is 2.18. The zero-order valence-electron chi connectivity index (χ0n) is 6.44. The number of alkyl halides is 1. The van der Waals surface area contributed by atoms with Gasteiger partial charge in [0, 0.05) is 11.8 Å². The smallest absolute Gasteiger partial charge is 0.212 e. The molecule has 0 aliphatic rings. The highest BCUT2D eigenvalue weighted by atomic mass is 19.1. The van der Waals surface area contributed by atoms with Gasteiger partial charge in [-0.15, -0.1) is 0 Å². The summed E-state index contributed by atoms with van der Waals surface area (Å²) in [6.45, 7) is 2.81. The van der Waals surface area contributed by atoms with Crippen LogP contribution in [0, 0.1) is 5.95 Å². The molecule has 1 heterocycles. The van der Waals surface area contributed by atoms with Crippen molar-refractivity contribution in [3.8, 4) is 0 Å². The van der Waals surface area contributed by atoms with Gasteiger partial charge in [0.2, 0.25) is 5.95 Å². The number of pyridine rings is 1. The summed E-state index contributed by atoms with van der Waals surface area (Å²) in [7, 11) is 0. The summed E-state index contributed by atoms with van der Waals surface area (Å²) in [5.74, 6) is -0.585. The van der Waals surface area contributed by atoms with Crippen LogP contribution in [0.4, 0.5) is 8.78 Å². The third kappa shape index (κ3) is 1.97. The van der Waals surface area contributed by atoms with Crippen LogP contribution >= 0.6 is 0 Å². The fourth-order valence-corrected chi connectivity index (χ4v) is 0.727. The van der Waals surface area contributed by atoms with E-state index in [9.17, 15) is 8.78 Å². The summed E-state index contributed by atoms with van der Waals surface area (Å²) >= 11 is 0. The SMILES string of the molecule is CC(C)(F)c1ccc(F)nc1. The summed E-state index contributed by atoms with van der Waals surface area (Å²) in [6.07, 6.45) is 1.20. The molecule has 1 nitrogen and oxygen atoms in total. The van der Waals surface area contributed by atoms with Crippen LogP contribution in [0.2, 0.25) is 0 Å². The first-order chi connectivity index (χ1) is 5.00. The zero-order valence-corrected chi connectivity index (χ0v) is 6.44. The van der Waals surface area contributed by atoms with Crippen molar-refractivity contribution in [3.63, 3.8) is 0 Å². The summed E-state index contributed by atoms with van der Waals surface area (Å²) in [5, 5.41) is 0. The van der Waals surface area contributed by atoms with Crippen LogP contribution in [0.15, 0.2) is 18.3 Å². The van der Waals surface area contributed by atoms with Gasteiger partial charge in [0.15, 0.2) is 0 Å². The summed E-state index contributed by atoms with van der Waals surface area (Å²) in [5.41, 5.74) is -1.06. The van der Waals surface area contributed by atoms with E-state index in [1.165, 1.54) is 26.1 Å². The monoisotopic (exact) mass is 157 g/mol. The van der Waals surface area contributed by atoms with E-state index in [-0.39, 0.29) is 0 Å². The Morgan fingerprint density at radius 3 is 2.36 bits per heavy atom. The quantitative estimate of drug-likeness (QED) is 0.570. The molecule has 0 unspecified atom stereocenters. The molecule has 0 aromatic carbocycles. The molecule has 0 atom stereocenters. The molecule has 1 aromatic heterocycles. The van der Waals surface area contributed by atoms with Gasteiger partial charge in [0.25, 0.3) is 0 Å². The average Bonchev–Trinajstić information content (AvgIpc) is 1.86. The molecule has 0 radical (unpaired) electrons. The molecule has 0 fully saturated rings. The maximum atomic E-state index is 13.1. The van der Waals surface area contributed by atoms with Crippen LogP contribution in [-0.2, 0) is 5.67 Å². The first-order valence-corrected chi connectivity index (χ1v) is 3.31. The van der Waals surface area contributed by atoms with Crippen molar-refractivity contribution in [2.24, 2.45) is 0 Å². The number of halogens is 2. The Morgan fingerprint density at radius 1 is 1.36 bits per heavy atom. The van der Waals surface area contributed by atoms with Crippen molar-refractivity contribution in [1.82, 2.24) is 4.98 Å². The normalized spacial score (nSPS) is 11.6. The summed E-state index contributed by atoms with van der Waals surface area (Å²) in [6, 6.07) is 2.54. The predicted molar refractivity (Wildman–Crippen MR) is 38.3 cm³/mol. The molecular formula is C8H9F2N. The summed E-state index contributed by atoms with van der Waals surface area (Å²) in [4.78, 5) is 3.34. The van der Waals surface area contributed by atoms with Crippen LogP contribution in [0.5, 0.6) is 0 Å². The molecule has 0 bridgehead atoms. The van der Waals surface area contributed by atoms with Crippen LogP contribution in [0.3, 0.4) is 0 Å². The second-order valence-electron chi connectivity index (χ2n) is 2.84. The molecule has 3 heteroatoms. The van der Waals surface area contributed by atoms with E-state index in [1.54, 1.807) is 0 Å². The number of aromatic nitrogens is 1. The molecule has 11 heavy (non-hydrogen) atoms. The minimum Gasteiger partial charge on any atom is -0.239 e. The number of hydrogen-bond donors (Lipinski definition) is 0. The number of nitrogens with zero attached hydrogens (tertiary/aromatic N) is 1. The Labute approximate surface area is 64.1 Å². The fourth-order valence-electron chi connectivity index (χ4n) is 0.727. The van der Waals surface area contributed by atoms with Crippen LogP contribution < -0.4 is 0 Å². The topological polar surface area (TPSA) is 12.9 Å². The van der Waals surface area contributed by atoms with E-state index in [0.717, 1.165) is 6.07 Å². The molecule has 0 amide bonds.